The fraction of sp³-hybridized carbons (Fsp3) is 0.808. The molecule has 0 aromatic rings. The molecule has 192 valence electrons. The molecule has 0 aromatic heterocycles. The first-order chi connectivity index (χ1) is 16.0. The molecule has 0 saturated carbocycles. The maximum atomic E-state index is 12.2. The molecule has 1 amide bonds. The van der Waals surface area contributed by atoms with Gasteiger partial charge in [0.1, 0.15) is 6.04 Å². The number of esters is 1. The van der Waals surface area contributed by atoms with Gasteiger partial charge in [0.05, 0.1) is 6.61 Å². The number of allylic oxidation sites excluding steroid dienone is 2. The number of nitrogens with zero attached hydrogens (tertiary/aromatic N) is 1. The van der Waals surface area contributed by atoms with E-state index < -0.39 is 12.0 Å². The number of guanidine groups is 1. The first-order valence-corrected chi connectivity index (χ1v) is 13.2. The Bertz CT molecular complexity index is 546. The molecular formula is C26H50N4O3. The molecule has 0 spiro atoms. The van der Waals surface area contributed by atoms with Crippen molar-refractivity contribution in [3.63, 3.8) is 0 Å². The summed E-state index contributed by atoms with van der Waals surface area (Å²) in [5.74, 6) is -0.483. The summed E-state index contributed by atoms with van der Waals surface area (Å²) in [6, 6.07) is -0.644. The molecule has 0 unspecified atom stereocenters. The largest absolute Gasteiger partial charge is 0.464 e. The summed E-state index contributed by atoms with van der Waals surface area (Å²) in [7, 11) is 0. The van der Waals surface area contributed by atoms with E-state index in [0.717, 1.165) is 25.7 Å². The van der Waals surface area contributed by atoms with Crippen molar-refractivity contribution in [1.82, 2.24) is 5.32 Å². The van der Waals surface area contributed by atoms with Gasteiger partial charge in [-0.25, -0.2) is 4.79 Å². The highest BCUT2D eigenvalue weighted by Crippen LogP contribution is 2.10. The molecule has 0 rings (SSSR count). The van der Waals surface area contributed by atoms with Gasteiger partial charge in [0.15, 0.2) is 5.96 Å². The zero-order valence-electron chi connectivity index (χ0n) is 21.3. The second-order valence-electron chi connectivity index (χ2n) is 8.66. The number of rotatable bonds is 22. The minimum absolute atomic E-state index is 0.0240. The number of carbonyl (C=O) groups is 2. The Balaban J connectivity index is 3.80. The Labute approximate surface area is 202 Å². The Kier molecular flexibility index (Phi) is 21.7. The molecule has 0 radical (unpaired) electrons. The van der Waals surface area contributed by atoms with Crippen LogP contribution in [0.2, 0.25) is 0 Å². The fourth-order valence-electron chi connectivity index (χ4n) is 3.62. The number of nitrogens with two attached hydrogens (primary N) is 2. The Morgan fingerprint density at radius 3 is 2.00 bits per heavy atom. The second-order valence-corrected chi connectivity index (χ2v) is 8.66. The van der Waals surface area contributed by atoms with E-state index in [1.165, 1.54) is 57.8 Å². The van der Waals surface area contributed by atoms with Gasteiger partial charge in [-0.2, -0.15) is 0 Å². The molecule has 7 heteroatoms. The van der Waals surface area contributed by atoms with Crippen molar-refractivity contribution in [2.45, 2.75) is 123 Å². The molecule has 1 atom stereocenters. The van der Waals surface area contributed by atoms with Crippen LogP contribution in [0.4, 0.5) is 0 Å². The van der Waals surface area contributed by atoms with Crippen LogP contribution in [-0.2, 0) is 14.3 Å². The maximum Gasteiger partial charge on any atom is 0.328 e. The lowest BCUT2D eigenvalue weighted by atomic mass is 10.1. The average Bonchev–Trinajstić information content (AvgIpc) is 2.78. The summed E-state index contributed by atoms with van der Waals surface area (Å²) in [6.07, 6.45) is 22.0. The SMILES string of the molecule is CCCCCCCCC=CCCCCCCCC(=O)N[C@@H](CCCN=C(N)N)C(=O)OCC. The number of aliphatic imine (C=N–C) groups is 1. The minimum atomic E-state index is -0.644. The van der Waals surface area contributed by atoms with Gasteiger partial charge >= 0.3 is 5.97 Å². The van der Waals surface area contributed by atoms with Crippen LogP contribution in [0.5, 0.6) is 0 Å². The molecule has 0 aromatic carbocycles. The van der Waals surface area contributed by atoms with E-state index in [0.29, 0.717) is 25.8 Å². The molecule has 0 aliphatic rings. The zero-order valence-corrected chi connectivity index (χ0v) is 21.3. The molecule has 0 aliphatic heterocycles. The molecule has 7 nitrogen and oxygen atoms in total. The van der Waals surface area contributed by atoms with Crippen LogP contribution >= 0.6 is 0 Å². The quantitative estimate of drug-likeness (QED) is 0.0672. The first kappa shape index (κ1) is 30.9. The monoisotopic (exact) mass is 466 g/mol. The highest BCUT2D eigenvalue weighted by Gasteiger charge is 2.21. The molecule has 0 bridgehead atoms. The predicted molar refractivity (Wildman–Crippen MR) is 138 cm³/mol. The number of unbranched alkanes of at least 4 members (excludes halogenated alkanes) is 11. The normalized spacial score (nSPS) is 11.9. The van der Waals surface area contributed by atoms with Crippen LogP contribution in [0.15, 0.2) is 17.1 Å². The van der Waals surface area contributed by atoms with Gasteiger partial charge in [-0.3, -0.25) is 9.79 Å². The summed E-state index contributed by atoms with van der Waals surface area (Å²) in [5.41, 5.74) is 10.6. The number of nitrogens with one attached hydrogen (secondary N) is 1. The lowest BCUT2D eigenvalue weighted by Crippen LogP contribution is -2.42. The van der Waals surface area contributed by atoms with Crippen molar-refractivity contribution in [3.8, 4) is 0 Å². The highest BCUT2D eigenvalue weighted by molar-refractivity contribution is 5.84. The van der Waals surface area contributed by atoms with E-state index in [1.807, 2.05) is 0 Å². The van der Waals surface area contributed by atoms with E-state index in [9.17, 15) is 9.59 Å². The number of ether oxygens (including phenoxy) is 1. The molecule has 33 heavy (non-hydrogen) atoms. The van der Waals surface area contributed by atoms with Gasteiger partial charge in [-0.1, -0.05) is 70.4 Å². The Morgan fingerprint density at radius 2 is 1.42 bits per heavy atom. The van der Waals surface area contributed by atoms with Crippen LogP contribution in [0.3, 0.4) is 0 Å². The van der Waals surface area contributed by atoms with Crippen LogP contribution in [0.25, 0.3) is 0 Å². The molecular weight excluding hydrogens is 416 g/mol. The van der Waals surface area contributed by atoms with E-state index in [4.69, 9.17) is 16.2 Å². The number of hydrogen-bond acceptors (Lipinski definition) is 4. The molecule has 0 heterocycles. The lowest BCUT2D eigenvalue weighted by molar-refractivity contribution is -0.147. The maximum absolute atomic E-state index is 12.2. The smallest absolute Gasteiger partial charge is 0.328 e. The summed E-state index contributed by atoms with van der Waals surface area (Å²) >= 11 is 0. The molecule has 0 saturated heterocycles. The molecule has 5 N–H and O–H groups in total. The Hall–Kier alpha value is -2.05. The van der Waals surface area contributed by atoms with E-state index in [2.05, 4.69) is 29.4 Å². The third-order valence-electron chi connectivity index (χ3n) is 5.52. The topological polar surface area (TPSA) is 120 Å². The van der Waals surface area contributed by atoms with E-state index >= 15 is 0 Å². The zero-order chi connectivity index (χ0) is 24.6. The van der Waals surface area contributed by atoms with E-state index in [1.54, 1.807) is 6.92 Å². The van der Waals surface area contributed by atoms with E-state index in [-0.39, 0.29) is 18.5 Å². The summed E-state index contributed by atoms with van der Waals surface area (Å²) < 4.78 is 5.07. The second kappa shape index (κ2) is 23.1. The van der Waals surface area contributed by atoms with Crippen LogP contribution in [-0.4, -0.2) is 37.0 Å². The minimum Gasteiger partial charge on any atom is -0.464 e. The van der Waals surface area contributed by atoms with Crippen molar-refractivity contribution in [2.24, 2.45) is 16.5 Å². The van der Waals surface area contributed by atoms with Gasteiger partial charge in [0.25, 0.3) is 0 Å². The summed E-state index contributed by atoms with van der Waals surface area (Å²) in [6.45, 7) is 4.71. The van der Waals surface area contributed by atoms with Gasteiger partial charge in [-0.15, -0.1) is 0 Å². The third-order valence-corrected chi connectivity index (χ3v) is 5.52. The lowest BCUT2D eigenvalue weighted by Gasteiger charge is -2.17. The van der Waals surface area contributed by atoms with Crippen LogP contribution < -0.4 is 16.8 Å². The van der Waals surface area contributed by atoms with Crippen LogP contribution in [0.1, 0.15) is 117 Å². The van der Waals surface area contributed by atoms with Crippen molar-refractivity contribution < 1.29 is 14.3 Å². The van der Waals surface area contributed by atoms with Crippen molar-refractivity contribution in [3.05, 3.63) is 12.2 Å². The predicted octanol–water partition coefficient (Wildman–Crippen LogP) is 5.13. The van der Waals surface area contributed by atoms with Crippen molar-refractivity contribution >= 4 is 17.8 Å². The standard InChI is InChI=1S/C26H50N4O3/c1-3-5-6-7-8-9-10-11-12-13-14-15-16-17-18-21-24(31)30-23(25(32)33-4-2)20-19-22-29-26(27)28/h11-12,23H,3-10,13-22H2,1-2H3,(H,30,31)(H4,27,28,29)/t23-/m0/s1. The highest BCUT2D eigenvalue weighted by atomic mass is 16.5. The first-order valence-electron chi connectivity index (χ1n) is 13.2. The van der Waals surface area contributed by atoms with Gasteiger partial charge in [0.2, 0.25) is 5.91 Å². The number of hydrogen-bond donors (Lipinski definition) is 3. The van der Waals surface area contributed by atoms with Gasteiger partial charge in [0, 0.05) is 13.0 Å². The fourth-order valence-corrected chi connectivity index (χ4v) is 3.62. The van der Waals surface area contributed by atoms with Crippen molar-refractivity contribution in [1.29, 1.82) is 0 Å². The number of carbonyl (C=O) groups excluding carboxylic acids is 2. The van der Waals surface area contributed by atoms with Crippen LogP contribution in [0, 0.1) is 0 Å². The third kappa shape index (κ3) is 21.6. The molecule has 0 aliphatic carbocycles. The van der Waals surface area contributed by atoms with Gasteiger partial charge < -0.3 is 21.5 Å². The number of amides is 1. The summed E-state index contributed by atoms with van der Waals surface area (Å²) in [4.78, 5) is 28.2. The summed E-state index contributed by atoms with van der Waals surface area (Å²) in [5, 5.41) is 2.81. The van der Waals surface area contributed by atoms with Crippen molar-refractivity contribution in [2.75, 3.05) is 13.2 Å². The molecule has 0 fully saturated rings. The van der Waals surface area contributed by atoms with Gasteiger partial charge in [-0.05, 0) is 51.9 Å². The Morgan fingerprint density at radius 1 is 0.848 bits per heavy atom. The average molecular weight is 467 g/mol.